The predicted molar refractivity (Wildman–Crippen MR) is 63.8 cm³/mol. The first kappa shape index (κ1) is 12.9. The van der Waals surface area contributed by atoms with Gasteiger partial charge < -0.3 is 10.8 Å². The Morgan fingerprint density at radius 3 is 2.67 bits per heavy atom. The van der Waals surface area contributed by atoms with Crippen molar-refractivity contribution in [3.8, 4) is 0 Å². The van der Waals surface area contributed by atoms with Gasteiger partial charge in [0.05, 0.1) is 6.61 Å². The summed E-state index contributed by atoms with van der Waals surface area (Å²) in [7, 11) is 0. The molecule has 0 bridgehead atoms. The summed E-state index contributed by atoms with van der Waals surface area (Å²) >= 11 is 0. The summed E-state index contributed by atoms with van der Waals surface area (Å²) in [6, 6.07) is 1.26. The van der Waals surface area contributed by atoms with Gasteiger partial charge in [-0.1, -0.05) is 20.3 Å². The number of nitrogens with zero attached hydrogens (tertiary/aromatic N) is 1. The van der Waals surface area contributed by atoms with E-state index in [0.29, 0.717) is 18.1 Å². The van der Waals surface area contributed by atoms with Gasteiger partial charge in [-0.25, -0.2) is 0 Å². The van der Waals surface area contributed by atoms with Crippen LogP contribution in [-0.2, 0) is 0 Å². The number of hydrogen-bond donors (Lipinski definition) is 2. The lowest BCUT2D eigenvalue weighted by Crippen LogP contribution is -2.54. The minimum atomic E-state index is 0.285. The van der Waals surface area contributed by atoms with Gasteiger partial charge in [0.25, 0.3) is 0 Å². The lowest BCUT2D eigenvalue weighted by Gasteiger charge is -2.42. The molecule has 1 rings (SSSR count). The molecule has 1 aliphatic rings. The molecule has 0 aromatic carbocycles. The second kappa shape index (κ2) is 6.46. The van der Waals surface area contributed by atoms with Crippen molar-refractivity contribution in [2.45, 2.75) is 64.1 Å². The largest absolute Gasteiger partial charge is 0.395 e. The zero-order valence-corrected chi connectivity index (χ0v) is 10.2. The number of likely N-dealkylation sites (tertiary alicyclic amines) is 1. The summed E-state index contributed by atoms with van der Waals surface area (Å²) < 4.78 is 0. The first-order valence-corrected chi connectivity index (χ1v) is 6.35. The SMILES string of the molecule is CCCC(CC)N1C[C@H](N)CC[C@@H]1CO. The van der Waals surface area contributed by atoms with E-state index in [-0.39, 0.29) is 6.61 Å². The molecule has 0 aliphatic carbocycles. The Balaban J connectivity index is 2.59. The third-order valence-corrected chi connectivity index (χ3v) is 3.56. The second-order valence-electron chi connectivity index (χ2n) is 4.72. The van der Waals surface area contributed by atoms with Crippen LogP contribution in [0.4, 0.5) is 0 Å². The molecular weight excluding hydrogens is 188 g/mol. The molecule has 3 atom stereocenters. The Hall–Kier alpha value is -0.120. The molecule has 1 aliphatic heterocycles. The summed E-state index contributed by atoms with van der Waals surface area (Å²) in [6.07, 6.45) is 5.71. The fraction of sp³-hybridized carbons (Fsp3) is 1.00. The Bertz CT molecular complexity index is 175. The fourth-order valence-electron chi connectivity index (χ4n) is 2.66. The van der Waals surface area contributed by atoms with Gasteiger partial charge in [-0.3, -0.25) is 4.90 Å². The van der Waals surface area contributed by atoms with Crippen molar-refractivity contribution < 1.29 is 5.11 Å². The molecule has 0 aromatic heterocycles. The van der Waals surface area contributed by atoms with Gasteiger partial charge in [-0.2, -0.15) is 0 Å². The third kappa shape index (κ3) is 3.44. The third-order valence-electron chi connectivity index (χ3n) is 3.56. The van der Waals surface area contributed by atoms with E-state index in [4.69, 9.17) is 5.73 Å². The van der Waals surface area contributed by atoms with E-state index in [0.717, 1.165) is 25.8 Å². The van der Waals surface area contributed by atoms with Crippen LogP contribution in [0.2, 0.25) is 0 Å². The maximum atomic E-state index is 9.38. The van der Waals surface area contributed by atoms with Gasteiger partial charge in [-0.05, 0) is 25.7 Å². The van der Waals surface area contributed by atoms with E-state index >= 15 is 0 Å². The summed E-state index contributed by atoms with van der Waals surface area (Å²) in [5, 5.41) is 9.38. The Morgan fingerprint density at radius 1 is 1.40 bits per heavy atom. The van der Waals surface area contributed by atoms with Crippen LogP contribution in [0.25, 0.3) is 0 Å². The minimum Gasteiger partial charge on any atom is -0.395 e. The highest BCUT2D eigenvalue weighted by Crippen LogP contribution is 2.22. The van der Waals surface area contributed by atoms with Crippen LogP contribution in [0.5, 0.6) is 0 Å². The maximum Gasteiger partial charge on any atom is 0.0587 e. The number of nitrogens with two attached hydrogens (primary N) is 1. The van der Waals surface area contributed by atoms with E-state index in [9.17, 15) is 5.11 Å². The molecule has 0 radical (unpaired) electrons. The maximum absolute atomic E-state index is 9.38. The van der Waals surface area contributed by atoms with Gasteiger partial charge in [-0.15, -0.1) is 0 Å². The smallest absolute Gasteiger partial charge is 0.0587 e. The molecule has 0 saturated carbocycles. The van der Waals surface area contributed by atoms with Crippen LogP contribution in [0.15, 0.2) is 0 Å². The Morgan fingerprint density at radius 2 is 2.13 bits per heavy atom. The van der Waals surface area contributed by atoms with E-state index in [2.05, 4.69) is 18.7 Å². The molecule has 0 aromatic rings. The molecule has 1 saturated heterocycles. The van der Waals surface area contributed by atoms with Crippen LogP contribution in [0.3, 0.4) is 0 Å². The molecule has 0 amide bonds. The molecule has 3 heteroatoms. The first-order valence-electron chi connectivity index (χ1n) is 6.35. The average molecular weight is 214 g/mol. The summed E-state index contributed by atoms with van der Waals surface area (Å²) in [5.74, 6) is 0. The molecule has 3 nitrogen and oxygen atoms in total. The lowest BCUT2D eigenvalue weighted by molar-refractivity contribution is 0.0400. The molecule has 90 valence electrons. The molecule has 3 N–H and O–H groups in total. The van der Waals surface area contributed by atoms with Crippen molar-refractivity contribution >= 4 is 0 Å². The summed E-state index contributed by atoms with van der Waals surface area (Å²) in [6.45, 7) is 5.70. The van der Waals surface area contributed by atoms with Gasteiger partial charge in [0.2, 0.25) is 0 Å². The topological polar surface area (TPSA) is 49.5 Å². The van der Waals surface area contributed by atoms with Crippen molar-refractivity contribution in [3.63, 3.8) is 0 Å². The van der Waals surface area contributed by atoms with Crippen LogP contribution in [-0.4, -0.2) is 41.3 Å². The van der Waals surface area contributed by atoms with Gasteiger partial charge in [0, 0.05) is 24.7 Å². The standard InChI is InChI=1S/C12H26N2O/c1-3-5-11(4-2)14-8-10(13)6-7-12(14)9-15/h10-12,15H,3-9,13H2,1-2H3/t10-,11?,12-/m1/s1. The zero-order chi connectivity index (χ0) is 11.3. The van der Waals surface area contributed by atoms with Crippen molar-refractivity contribution in [2.75, 3.05) is 13.2 Å². The van der Waals surface area contributed by atoms with Gasteiger partial charge in [0.1, 0.15) is 0 Å². The van der Waals surface area contributed by atoms with Crippen molar-refractivity contribution in [1.29, 1.82) is 0 Å². The van der Waals surface area contributed by atoms with Crippen LogP contribution < -0.4 is 5.73 Å². The van der Waals surface area contributed by atoms with E-state index in [1.807, 2.05) is 0 Å². The zero-order valence-electron chi connectivity index (χ0n) is 10.2. The van der Waals surface area contributed by atoms with Crippen molar-refractivity contribution in [2.24, 2.45) is 5.73 Å². The molecule has 1 heterocycles. The number of aliphatic hydroxyl groups is 1. The second-order valence-corrected chi connectivity index (χ2v) is 4.72. The highest BCUT2D eigenvalue weighted by Gasteiger charge is 2.29. The number of rotatable bonds is 5. The van der Waals surface area contributed by atoms with Crippen LogP contribution in [0, 0.1) is 0 Å². The number of piperidine rings is 1. The highest BCUT2D eigenvalue weighted by atomic mass is 16.3. The van der Waals surface area contributed by atoms with E-state index in [1.54, 1.807) is 0 Å². The molecule has 15 heavy (non-hydrogen) atoms. The van der Waals surface area contributed by atoms with Gasteiger partial charge >= 0.3 is 0 Å². The first-order chi connectivity index (χ1) is 7.22. The van der Waals surface area contributed by atoms with Gasteiger partial charge in [0.15, 0.2) is 0 Å². The molecular formula is C12H26N2O. The monoisotopic (exact) mass is 214 g/mol. The summed E-state index contributed by atoms with van der Waals surface area (Å²) in [5.41, 5.74) is 6.01. The van der Waals surface area contributed by atoms with Crippen LogP contribution >= 0.6 is 0 Å². The number of hydrogen-bond acceptors (Lipinski definition) is 3. The van der Waals surface area contributed by atoms with Crippen molar-refractivity contribution in [1.82, 2.24) is 4.90 Å². The van der Waals surface area contributed by atoms with Crippen molar-refractivity contribution in [3.05, 3.63) is 0 Å². The average Bonchev–Trinajstić information content (AvgIpc) is 2.26. The lowest BCUT2D eigenvalue weighted by atomic mass is 9.95. The normalized spacial score (nSPS) is 30.4. The predicted octanol–water partition coefficient (Wildman–Crippen LogP) is 1.35. The highest BCUT2D eigenvalue weighted by molar-refractivity contribution is 4.86. The molecule has 0 spiro atoms. The van der Waals surface area contributed by atoms with Crippen LogP contribution in [0.1, 0.15) is 46.0 Å². The summed E-state index contributed by atoms with van der Waals surface area (Å²) in [4.78, 5) is 2.44. The number of aliphatic hydroxyl groups excluding tert-OH is 1. The van der Waals surface area contributed by atoms with E-state index < -0.39 is 0 Å². The Kier molecular flexibility index (Phi) is 5.58. The minimum absolute atomic E-state index is 0.285. The Labute approximate surface area is 93.6 Å². The molecule has 1 unspecified atom stereocenters. The fourth-order valence-corrected chi connectivity index (χ4v) is 2.66. The molecule has 1 fully saturated rings. The van der Waals surface area contributed by atoms with E-state index in [1.165, 1.54) is 12.8 Å². The quantitative estimate of drug-likeness (QED) is 0.726.